The Hall–Kier alpha value is -2.94. The minimum Gasteiger partial charge on any atom is -0.352 e. The Morgan fingerprint density at radius 2 is 1.70 bits per heavy atom. The van der Waals surface area contributed by atoms with Crippen LogP contribution < -0.4 is 9.62 Å². The highest BCUT2D eigenvalue weighted by Gasteiger charge is 2.33. The van der Waals surface area contributed by atoms with Gasteiger partial charge in [-0.25, -0.2) is 12.8 Å². The lowest BCUT2D eigenvalue weighted by molar-refractivity contribution is -0.140. The van der Waals surface area contributed by atoms with Gasteiger partial charge < -0.3 is 10.2 Å². The molecule has 1 atom stereocenters. The number of nitrogens with one attached hydrogen (secondary N) is 1. The minimum absolute atomic E-state index is 0.0557. The van der Waals surface area contributed by atoms with E-state index < -0.39 is 34.3 Å². The van der Waals surface area contributed by atoms with Gasteiger partial charge >= 0.3 is 0 Å². The molecular weight excluding hydrogens is 493 g/mol. The van der Waals surface area contributed by atoms with Gasteiger partial charge in [-0.1, -0.05) is 50.5 Å². The minimum atomic E-state index is -3.80. The van der Waals surface area contributed by atoms with Crippen molar-refractivity contribution in [2.75, 3.05) is 17.1 Å². The first-order valence-electron chi connectivity index (χ1n) is 12.9. The van der Waals surface area contributed by atoms with Crippen LogP contribution >= 0.6 is 0 Å². The van der Waals surface area contributed by atoms with Crippen molar-refractivity contribution < 1.29 is 22.4 Å². The maximum absolute atomic E-state index is 13.8. The molecule has 202 valence electrons. The molecule has 1 aliphatic carbocycles. The number of hydrogen-bond donors (Lipinski definition) is 1. The second-order valence-electron chi connectivity index (χ2n) is 9.98. The molecule has 7 nitrogen and oxygen atoms in total. The lowest BCUT2D eigenvalue weighted by Crippen LogP contribution is -2.54. The summed E-state index contributed by atoms with van der Waals surface area (Å²) in [7, 11) is -3.80. The third-order valence-electron chi connectivity index (χ3n) is 6.92. The molecule has 0 spiro atoms. The molecule has 1 N–H and O–H groups in total. The SMILES string of the molecule is CC[C@@H](C(=O)NC1CCCCC1)N(Cc1ccc(F)cc1)C(=O)CN(c1cc(C)ccc1C)S(C)(=O)=O. The number of amides is 2. The van der Waals surface area contributed by atoms with Crippen molar-refractivity contribution in [3.8, 4) is 0 Å². The largest absolute Gasteiger partial charge is 0.352 e. The number of hydrogen-bond acceptors (Lipinski definition) is 4. The van der Waals surface area contributed by atoms with Crippen LogP contribution in [0, 0.1) is 19.7 Å². The molecule has 0 bridgehead atoms. The third-order valence-corrected chi connectivity index (χ3v) is 8.04. The number of carbonyl (C=O) groups excluding carboxylic acids is 2. The Morgan fingerprint density at radius 1 is 1.05 bits per heavy atom. The number of sulfonamides is 1. The van der Waals surface area contributed by atoms with Gasteiger partial charge in [0.25, 0.3) is 0 Å². The van der Waals surface area contributed by atoms with Gasteiger partial charge in [0.05, 0.1) is 11.9 Å². The summed E-state index contributed by atoms with van der Waals surface area (Å²) in [5.74, 6) is -1.15. The first kappa shape index (κ1) is 28.6. The van der Waals surface area contributed by atoms with Crippen LogP contribution in [-0.4, -0.2) is 50.0 Å². The highest BCUT2D eigenvalue weighted by Crippen LogP contribution is 2.25. The Balaban J connectivity index is 1.93. The topological polar surface area (TPSA) is 86.8 Å². The third kappa shape index (κ3) is 7.77. The van der Waals surface area contributed by atoms with Crippen molar-refractivity contribution in [1.82, 2.24) is 10.2 Å². The van der Waals surface area contributed by atoms with Crippen LogP contribution in [0.3, 0.4) is 0 Å². The van der Waals surface area contributed by atoms with Crippen LogP contribution in [0.4, 0.5) is 10.1 Å². The van der Waals surface area contributed by atoms with Crippen LogP contribution in [-0.2, 0) is 26.2 Å². The van der Waals surface area contributed by atoms with E-state index >= 15 is 0 Å². The van der Waals surface area contributed by atoms with Crippen molar-refractivity contribution >= 4 is 27.5 Å². The number of nitrogens with zero attached hydrogens (tertiary/aromatic N) is 2. The van der Waals surface area contributed by atoms with Crippen molar-refractivity contribution in [3.05, 3.63) is 65.0 Å². The van der Waals surface area contributed by atoms with Crippen molar-refractivity contribution in [1.29, 1.82) is 0 Å². The van der Waals surface area contributed by atoms with Gasteiger partial charge in [0.1, 0.15) is 18.4 Å². The second kappa shape index (κ2) is 12.5. The van der Waals surface area contributed by atoms with Crippen molar-refractivity contribution in [2.24, 2.45) is 0 Å². The maximum atomic E-state index is 13.8. The predicted molar refractivity (Wildman–Crippen MR) is 144 cm³/mol. The zero-order chi connectivity index (χ0) is 27.2. The van der Waals surface area contributed by atoms with E-state index in [4.69, 9.17) is 0 Å². The van der Waals surface area contributed by atoms with Crippen molar-refractivity contribution in [3.63, 3.8) is 0 Å². The van der Waals surface area contributed by atoms with Crippen LogP contribution in [0.2, 0.25) is 0 Å². The molecule has 0 aliphatic heterocycles. The van der Waals surface area contributed by atoms with Gasteiger partial charge in [-0.2, -0.15) is 0 Å². The quantitative estimate of drug-likeness (QED) is 0.490. The summed E-state index contributed by atoms with van der Waals surface area (Å²) in [6.07, 6.45) is 6.50. The molecule has 2 aromatic rings. The van der Waals surface area contributed by atoms with Crippen LogP contribution in [0.25, 0.3) is 0 Å². The fourth-order valence-electron chi connectivity index (χ4n) is 4.83. The highest BCUT2D eigenvalue weighted by molar-refractivity contribution is 7.92. The lowest BCUT2D eigenvalue weighted by atomic mass is 9.95. The predicted octanol–water partition coefficient (Wildman–Crippen LogP) is 4.46. The number of halogens is 1. The molecule has 0 aromatic heterocycles. The monoisotopic (exact) mass is 531 g/mol. The molecule has 0 unspecified atom stereocenters. The summed E-state index contributed by atoms with van der Waals surface area (Å²) in [4.78, 5) is 28.6. The summed E-state index contributed by atoms with van der Waals surface area (Å²) >= 11 is 0. The molecule has 0 radical (unpaired) electrons. The Morgan fingerprint density at radius 3 is 2.30 bits per heavy atom. The van der Waals surface area contributed by atoms with Gasteiger partial charge in [-0.15, -0.1) is 0 Å². The molecule has 1 aliphatic rings. The number of carbonyl (C=O) groups is 2. The van der Waals surface area contributed by atoms with Gasteiger partial charge in [0, 0.05) is 12.6 Å². The number of benzene rings is 2. The standard InChI is InChI=1S/C28H38FN3O4S/c1-5-25(28(34)30-24-9-7-6-8-10-24)31(18-22-13-15-23(29)16-14-22)27(33)19-32(37(4,35)36)26-17-20(2)11-12-21(26)3/h11-17,24-25H,5-10,18-19H2,1-4H3,(H,30,34)/t25-/m0/s1. The Kier molecular flexibility index (Phi) is 9.70. The zero-order valence-corrected chi connectivity index (χ0v) is 23.0. The fourth-order valence-corrected chi connectivity index (χ4v) is 5.73. The summed E-state index contributed by atoms with van der Waals surface area (Å²) in [6, 6.07) is 10.5. The molecule has 3 rings (SSSR count). The van der Waals surface area contributed by atoms with E-state index in [0.29, 0.717) is 17.7 Å². The summed E-state index contributed by atoms with van der Waals surface area (Å²) in [5, 5.41) is 3.11. The average molecular weight is 532 g/mol. The van der Waals surface area contributed by atoms with Crippen LogP contribution in [0.1, 0.15) is 62.1 Å². The van der Waals surface area contributed by atoms with Crippen LogP contribution in [0.15, 0.2) is 42.5 Å². The number of rotatable bonds is 10. The van der Waals surface area contributed by atoms with E-state index in [1.807, 2.05) is 26.0 Å². The second-order valence-corrected chi connectivity index (χ2v) is 11.9. The van der Waals surface area contributed by atoms with E-state index in [2.05, 4.69) is 5.32 Å². The van der Waals surface area contributed by atoms with Gasteiger partial charge in [0.15, 0.2) is 0 Å². The summed E-state index contributed by atoms with van der Waals surface area (Å²) in [5.41, 5.74) is 2.66. The molecular formula is C28H38FN3O4S. The molecule has 1 saturated carbocycles. The molecule has 0 heterocycles. The van der Waals surface area contributed by atoms with E-state index in [0.717, 1.165) is 53.8 Å². The fraction of sp³-hybridized carbons (Fsp3) is 0.500. The van der Waals surface area contributed by atoms with Gasteiger partial charge in [0.2, 0.25) is 21.8 Å². The first-order valence-corrected chi connectivity index (χ1v) is 14.7. The molecule has 9 heteroatoms. The molecule has 37 heavy (non-hydrogen) atoms. The van der Waals surface area contributed by atoms with E-state index in [1.54, 1.807) is 25.1 Å². The number of anilines is 1. The average Bonchev–Trinajstić information content (AvgIpc) is 2.85. The first-order chi connectivity index (χ1) is 17.5. The van der Waals surface area contributed by atoms with E-state index in [1.165, 1.54) is 17.0 Å². The maximum Gasteiger partial charge on any atom is 0.244 e. The van der Waals surface area contributed by atoms with Gasteiger partial charge in [-0.05, 0) is 68.0 Å². The molecule has 2 aromatic carbocycles. The summed E-state index contributed by atoms with van der Waals surface area (Å²) < 4.78 is 40.3. The number of aryl methyl sites for hydroxylation is 2. The normalized spacial score (nSPS) is 15.2. The Labute approximate surface area is 220 Å². The van der Waals surface area contributed by atoms with Crippen molar-refractivity contribution in [2.45, 2.75) is 77.9 Å². The lowest BCUT2D eigenvalue weighted by Gasteiger charge is -2.34. The van der Waals surface area contributed by atoms with E-state index in [9.17, 15) is 22.4 Å². The molecule has 1 fully saturated rings. The molecule has 0 saturated heterocycles. The Bertz CT molecular complexity index is 1190. The van der Waals surface area contributed by atoms with Gasteiger partial charge in [-0.3, -0.25) is 13.9 Å². The smallest absolute Gasteiger partial charge is 0.244 e. The molecule has 2 amide bonds. The van der Waals surface area contributed by atoms with E-state index in [-0.39, 0.29) is 18.5 Å². The summed E-state index contributed by atoms with van der Waals surface area (Å²) in [6.45, 7) is 5.09. The zero-order valence-electron chi connectivity index (χ0n) is 22.2. The van der Waals surface area contributed by atoms with Crippen LogP contribution in [0.5, 0.6) is 0 Å². The highest BCUT2D eigenvalue weighted by atomic mass is 32.2.